The minimum absolute atomic E-state index is 0.0172. The van der Waals surface area contributed by atoms with E-state index in [-0.39, 0.29) is 11.7 Å². The van der Waals surface area contributed by atoms with Crippen molar-refractivity contribution in [2.45, 2.75) is 59.0 Å². The molecule has 2 heterocycles. The molecular weight excluding hydrogens is 422 g/mol. The van der Waals surface area contributed by atoms with E-state index in [1.807, 2.05) is 26.8 Å². The molecule has 0 unspecified atom stereocenters. The Labute approximate surface area is 203 Å². The molecular formula is C30H35NO3. The molecule has 0 aromatic heterocycles. The smallest absolute Gasteiger partial charge is 0.258 e. The fourth-order valence-electron chi connectivity index (χ4n) is 5.12. The van der Waals surface area contributed by atoms with Gasteiger partial charge in [0.2, 0.25) is 0 Å². The Morgan fingerprint density at radius 1 is 1.15 bits per heavy atom. The summed E-state index contributed by atoms with van der Waals surface area (Å²) < 4.78 is 6.42. The first-order chi connectivity index (χ1) is 16.2. The van der Waals surface area contributed by atoms with Gasteiger partial charge in [-0.3, -0.25) is 4.79 Å². The summed E-state index contributed by atoms with van der Waals surface area (Å²) in [7, 11) is 0. The van der Waals surface area contributed by atoms with Crippen molar-refractivity contribution >= 4 is 5.91 Å². The number of phenolic OH excluding ortho intramolecular Hbond substituents is 1. The quantitative estimate of drug-likeness (QED) is 0.463. The molecule has 0 spiro atoms. The number of nitrogens with zero attached hydrogens (tertiary/aromatic N) is 1. The molecule has 0 fully saturated rings. The molecule has 0 bridgehead atoms. The number of aryl methyl sites for hydroxylation is 2. The molecule has 0 saturated carbocycles. The van der Waals surface area contributed by atoms with Crippen LogP contribution in [-0.2, 0) is 12.0 Å². The van der Waals surface area contributed by atoms with Gasteiger partial charge in [-0.05, 0) is 62.0 Å². The summed E-state index contributed by atoms with van der Waals surface area (Å²) in [5, 5.41) is 11.7. The first-order valence-corrected chi connectivity index (χ1v) is 12.2. The van der Waals surface area contributed by atoms with Gasteiger partial charge in [-0.1, -0.05) is 68.8 Å². The van der Waals surface area contributed by atoms with Crippen LogP contribution in [0.1, 0.15) is 67.1 Å². The maximum atomic E-state index is 13.9. The normalized spacial score (nSPS) is 16.1. The van der Waals surface area contributed by atoms with Crippen LogP contribution >= 0.6 is 0 Å². The van der Waals surface area contributed by atoms with Crippen LogP contribution in [0.4, 0.5) is 0 Å². The molecule has 4 rings (SSSR count). The third-order valence-corrected chi connectivity index (χ3v) is 6.98. The summed E-state index contributed by atoms with van der Waals surface area (Å²) in [5.41, 5.74) is 6.33. The Bertz CT molecular complexity index is 1180. The van der Waals surface area contributed by atoms with Gasteiger partial charge >= 0.3 is 0 Å². The van der Waals surface area contributed by atoms with Gasteiger partial charge in [0.05, 0.1) is 11.1 Å². The van der Waals surface area contributed by atoms with Gasteiger partial charge in [0.1, 0.15) is 17.1 Å². The van der Waals surface area contributed by atoms with Crippen LogP contribution < -0.4 is 4.74 Å². The van der Waals surface area contributed by atoms with E-state index in [4.69, 9.17) is 4.74 Å². The number of hydrogen-bond acceptors (Lipinski definition) is 3. The fraction of sp³-hybridized carbons (Fsp3) is 0.367. The topological polar surface area (TPSA) is 49.8 Å². The molecule has 34 heavy (non-hydrogen) atoms. The van der Waals surface area contributed by atoms with Crippen molar-refractivity contribution < 1.29 is 14.6 Å². The van der Waals surface area contributed by atoms with Crippen LogP contribution in [-0.4, -0.2) is 29.0 Å². The second kappa shape index (κ2) is 9.17. The molecule has 1 N–H and O–H groups in total. The van der Waals surface area contributed by atoms with E-state index < -0.39 is 5.60 Å². The van der Waals surface area contributed by atoms with Crippen molar-refractivity contribution in [1.29, 1.82) is 0 Å². The lowest BCUT2D eigenvalue weighted by atomic mass is 9.83. The zero-order valence-electron chi connectivity index (χ0n) is 20.8. The highest BCUT2D eigenvalue weighted by Gasteiger charge is 2.37. The van der Waals surface area contributed by atoms with E-state index in [1.54, 1.807) is 17.1 Å². The van der Waals surface area contributed by atoms with Crippen LogP contribution in [0.3, 0.4) is 0 Å². The van der Waals surface area contributed by atoms with Gasteiger partial charge in [0.15, 0.2) is 0 Å². The molecule has 2 aromatic carbocycles. The van der Waals surface area contributed by atoms with Gasteiger partial charge < -0.3 is 14.7 Å². The zero-order chi connectivity index (χ0) is 24.6. The number of aromatic hydroxyl groups is 1. The van der Waals surface area contributed by atoms with E-state index in [9.17, 15) is 9.90 Å². The molecule has 4 heteroatoms. The van der Waals surface area contributed by atoms with Gasteiger partial charge in [-0.2, -0.15) is 0 Å². The van der Waals surface area contributed by atoms with E-state index >= 15 is 0 Å². The molecule has 2 aromatic rings. The van der Waals surface area contributed by atoms with Gasteiger partial charge in [-0.25, -0.2) is 0 Å². The van der Waals surface area contributed by atoms with Gasteiger partial charge in [0.25, 0.3) is 5.91 Å². The van der Waals surface area contributed by atoms with E-state index in [0.29, 0.717) is 36.4 Å². The molecule has 4 nitrogen and oxygen atoms in total. The average molecular weight is 458 g/mol. The monoisotopic (exact) mass is 457 g/mol. The number of rotatable bonds is 7. The lowest BCUT2D eigenvalue weighted by molar-refractivity contribution is 0.0792. The van der Waals surface area contributed by atoms with Crippen molar-refractivity contribution in [3.8, 4) is 22.6 Å². The lowest BCUT2D eigenvalue weighted by Gasteiger charge is -2.36. The van der Waals surface area contributed by atoms with Crippen LogP contribution in [0.5, 0.6) is 11.5 Å². The number of fused-ring (bicyclic) bond motifs is 3. The predicted octanol–water partition coefficient (Wildman–Crippen LogP) is 6.85. The van der Waals surface area contributed by atoms with Crippen molar-refractivity contribution in [3.05, 3.63) is 83.0 Å². The number of hydrogen-bond donors (Lipinski definition) is 1. The standard InChI is InChI=1S/C30H35NO3/c1-7-10-11-12-22-16-25-27(23-15-19(4)13-14-24(23)30(5,6)34-25)28(32)26(22)29(33)31-17-20(8-2)21(9-3)18-31/h8-9,13-16,32H,2-3,7,10-12,17-18H2,1,4-6H3. The number of carbonyl (C=O) groups is 1. The molecule has 0 aliphatic carbocycles. The zero-order valence-corrected chi connectivity index (χ0v) is 20.8. The first-order valence-electron chi connectivity index (χ1n) is 12.2. The molecule has 178 valence electrons. The molecule has 1 amide bonds. The average Bonchev–Trinajstić information content (AvgIpc) is 3.22. The summed E-state index contributed by atoms with van der Waals surface area (Å²) in [6, 6.07) is 8.17. The third kappa shape index (κ3) is 4.06. The molecule has 0 saturated heterocycles. The van der Waals surface area contributed by atoms with Crippen LogP contribution in [0.15, 0.2) is 60.7 Å². The first kappa shape index (κ1) is 23.9. The van der Waals surface area contributed by atoms with Crippen molar-refractivity contribution in [2.24, 2.45) is 0 Å². The molecule has 0 atom stereocenters. The summed E-state index contributed by atoms with van der Waals surface area (Å²) in [4.78, 5) is 15.6. The Morgan fingerprint density at radius 3 is 2.44 bits per heavy atom. The molecule has 2 aliphatic heterocycles. The number of amides is 1. The van der Waals surface area contributed by atoms with E-state index in [2.05, 4.69) is 38.3 Å². The Balaban J connectivity index is 1.87. The van der Waals surface area contributed by atoms with E-state index in [0.717, 1.165) is 52.7 Å². The Kier molecular flexibility index (Phi) is 6.44. The van der Waals surface area contributed by atoms with Crippen LogP contribution in [0.25, 0.3) is 11.1 Å². The highest BCUT2D eigenvalue weighted by atomic mass is 16.5. The Hall–Kier alpha value is -3.27. The SMILES string of the molecule is C=CC1=C(C=C)CN(C(=O)c2c(CCCCC)cc3c(c2O)-c2cc(C)ccc2C(C)(C)O3)C1. The number of unbranched alkanes of at least 4 members (excludes halogenated alkanes) is 2. The predicted molar refractivity (Wildman–Crippen MR) is 138 cm³/mol. The minimum atomic E-state index is -0.536. The summed E-state index contributed by atoms with van der Waals surface area (Å²) in [6.07, 6.45) is 7.37. The maximum Gasteiger partial charge on any atom is 0.258 e. The largest absolute Gasteiger partial charge is 0.506 e. The maximum absolute atomic E-state index is 13.9. The van der Waals surface area contributed by atoms with Crippen molar-refractivity contribution in [1.82, 2.24) is 4.90 Å². The number of carbonyl (C=O) groups excluding carboxylic acids is 1. The Morgan fingerprint density at radius 2 is 1.82 bits per heavy atom. The highest BCUT2D eigenvalue weighted by molar-refractivity contribution is 6.03. The second-order valence-corrected chi connectivity index (χ2v) is 9.87. The van der Waals surface area contributed by atoms with Crippen molar-refractivity contribution in [3.63, 3.8) is 0 Å². The highest BCUT2D eigenvalue weighted by Crippen LogP contribution is 2.51. The molecule has 2 aliphatic rings. The van der Waals surface area contributed by atoms with Crippen molar-refractivity contribution in [2.75, 3.05) is 13.1 Å². The fourth-order valence-corrected chi connectivity index (χ4v) is 5.12. The van der Waals surface area contributed by atoms with Crippen LogP contribution in [0, 0.1) is 6.92 Å². The summed E-state index contributed by atoms with van der Waals surface area (Å²) >= 11 is 0. The minimum Gasteiger partial charge on any atom is -0.506 e. The van der Waals surface area contributed by atoms with E-state index in [1.165, 1.54) is 0 Å². The van der Waals surface area contributed by atoms with Gasteiger partial charge in [-0.15, -0.1) is 0 Å². The van der Waals surface area contributed by atoms with Gasteiger partial charge in [0, 0.05) is 18.7 Å². The number of benzene rings is 2. The number of phenols is 1. The summed E-state index contributed by atoms with van der Waals surface area (Å²) in [6.45, 7) is 17.0. The lowest BCUT2D eigenvalue weighted by Crippen LogP contribution is -2.32. The second-order valence-electron chi connectivity index (χ2n) is 9.87. The number of ether oxygens (including phenoxy) is 1. The van der Waals surface area contributed by atoms with Crippen LogP contribution in [0.2, 0.25) is 0 Å². The third-order valence-electron chi connectivity index (χ3n) is 6.98. The molecule has 0 radical (unpaired) electrons. The summed E-state index contributed by atoms with van der Waals surface area (Å²) in [5.74, 6) is 0.493.